The van der Waals surface area contributed by atoms with Gasteiger partial charge in [0.2, 0.25) is 0 Å². The lowest BCUT2D eigenvalue weighted by Crippen LogP contribution is -2.48. The topological polar surface area (TPSA) is 15.3 Å². The minimum absolute atomic E-state index is 0.268. The van der Waals surface area contributed by atoms with Crippen molar-refractivity contribution in [2.75, 3.05) is 26.2 Å². The van der Waals surface area contributed by atoms with Crippen molar-refractivity contribution in [3.8, 4) is 0 Å². The molecule has 0 aliphatic carbocycles. The van der Waals surface area contributed by atoms with Crippen molar-refractivity contribution < 1.29 is 13.2 Å². The van der Waals surface area contributed by atoms with E-state index in [9.17, 15) is 13.2 Å². The number of rotatable bonds is 2. The zero-order chi connectivity index (χ0) is 12.5. The van der Waals surface area contributed by atoms with Crippen molar-refractivity contribution in [2.24, 2.45) is 0 Å². The molecule has 0 amide bonds. The van der Waals surface area contributed by atoms with Gasteiger partial charge in [0.05, 0.1) is 4.34 Å². The highest BCUT2D eigenvalue weighted by atomic mass is 35.5. The first-order valence-electron chi connectivity index (χ1n) is 5.25. The minimum atomic E-state index is -4.26. The summed E-state index contributed by atoms with van der Waals surface area (Å²) < 4.78 is 39.7. The van der Waals surface area contributed by atoms with Crippen molar-refractivity contribution in [2.45, 2.75) is 12.2 Å². The Labute approximate surface area is 106 Å². The molecular formula is C10H12ClF3N2S. The maximum absolute atomic E-state index is 13.1. The van der Waals surface area contributed by atoms with E-state index in [0.29, 0.717) is 30.5 Å². The summed E-state index contributed by atoms with van der Waals surface area (Å²) in [6.07, 6.45) is -4.26. The molecule has 96 valence electrons. The van der Waals surface area contributed by atoms with Gasteiger partial charge < -0.3 is 5.32 Å². The number of hydrogen-bond acceptors (Lipinski definition) is 3. The van der Waals surface area contributed by atoms with Gasteiger partial charge in [-0.1, -0.05) is 11.6 Å². The van der Waals surface area contributed by atoms with E-state index < -0.39 is 12.2 Å². The Balaban J connectivity index is 2.24. The van der Waals surface area contributed by atoms with Gasteiger partial charge in [-0.3, -0.25) is 4.90 Å². The molecule has 1 aromatic rings. The summed E-state index contributed by atoms with van der Waals surface area (Å²) in [4.78, 5) is 1.72. The first kappa shape index (κ1) is 13.1. The van der Waals surface area contributed by atoms with E-state index >= 15 is 0 Å². The van der Waals surface area contributed by atoms with E-state index in [1.165, 1.54) is 17.0 Å². The molecule has 2 rings (SSSR count). The summed E-state index contributed by atoms with van der Waals surface area (Å²) in [5.41, 5.74) is 0. The summed E-state index contributed by atoms with van der Waals surface area (Å²) in [6, 6.07) is 1.46. The largest absolute Gasteiger partial charge is 0.408 e. The van der Waals surface area contributed by atoms with Crippen molar-refractivity contribution in [3.05, 3.63) is 21.3 Å². The van der Waals surface area contributed by atoms with Crippen LogP contribution in [0.2, 0.25) is 4.34 Å². The fourth-order valence-corrected chi connectivity index (χ4v) is 3.19. The van der Waals surface area contributed by atoms with Crippen LogP contribution in [0.25, 0.3) is 0 Å². The third-order valence-electron chi connectivity index (χ3n) is 2.69. The molecule has 1 fully saturated rings. The van der Waals surface area contributed by atoms with Gasteiger partial charge in [0.15, 0.2) is 0 Å². The number of nitrogens with one attached hydrogen (secondary N) is 1. The maximum atomic E-state index is 13.1. The monoisotopic (exact) mass is 284 g/mol. The Morgan fingerprint density at radius 3 is 2.41 bits per heavy atom. The summed E-state index contributed by atoms with van der Waals surface area (Å²) in [5, 5.41) is 3.05. The molecule has 0 radical (unpaired) electrons. The standard InChI is InChI=1S/C10H12ClF3N2S/c11-8-2-1-7(17-8)9(10(12,13)14)16-5-3-15-4-6-16/h1-2,9,15H,3-6H2/t9-/m0/s1. The van der Waals surface area contributed by atoms with Gasteiger partial charge in [-0.05, 0) is 12.1 Å². The van der Waals surface area contributed by atoms with Crippen LogP contribution in [0.3, 0.4) is 0 Å². The zero-order valence-electron chi connectivity index (χ0n) is 8.93. The van der Waals surface area contributed by atoms with Crippen LogP contribution in [-0.2, 0) is 0 Å². The second kappa shape index (κ2) is 5.14. The second-order valence-electron chi connectivity index (χ2n) is 3.87. The summed E-state index contributed by atoms with van der Waals surface area (Å²) in [7, 11) is 0. The van der Waals surface area contributed by atoms with Crippen molar-refractivity contribution in [3.63, 3.8) is 0 Å². The molecule has 1 aromatic heterocycles. The van der Waals surface area contributed by atoms with Crippen molar-refractivity contribution in [1.29, 1.82) is 0 Å². The van der Waals surface area contributed by atoms with Gasteiger partial charge in [-0.25, -0.2) is 0 Å². The maximum Gasteiger partial charge on any atom is 0.408 e. The number of nitrogens with zero attached hydrogens (tertiary/aromatic N) is 1. The number of piperazine rings is 1. The number of alkyl halides is 3. The fraction of sp³-hybridized carbons (Fsp3) is 0.600. The lowest BCUT2D eigenvalue weighted by atomic mass is 10.1. The van der Waals surface area contributed by atoms with Gasteiger partial charge in [0.25, 0.3) is 0 Å². The normalized spacial score (nSPS) is 20.5. The Kier molecular flexibility index (Phi) is 3.97. The average molecular weight is 285 g/mol. The van der Waals surface area contributed by atoms with Crippen molar-refractivity contribution >= 4 is 22.9 Å². The molecule has 0 spiro atoms. The molecule has 17 heavy (non-hydrogen) atoms. The van der Waals surface area contributed by atoms with Crippen LogP contribution >= 0.6 is 22.9 Å². The van der Waals surface area contributed by atoms with E-state index in [1.54, 1.807) is 0 Å². The fourth-order valence-electron chi connectivity index (χ4n) is 1.96. The van der Waals surface area contributed by atoms with Crippen LogP contribution in [0.4, 0.5) is 13.2 Å². The first-order chi connectivity index (χ1) is 7.98. The molecule has 0 saturated carbocycles. The van der Waals surface area contributed by atoms with Crippen LogP contribution in [-0.4, -0.2) is 37.3 Å². The van der Waals surface area contributed by atoms with Crippen LogP contribution < -0.4 is 5.32 Å². The zero-order valence-corrected chi connectivity index (χ0v) is 10.5. The molecule has 1 aliphatic heterocycles. The lowest BCUT2D eigenvalue weighted by Gasteiger charge is -2.35. The summed E-state index contributed by atoms with van der Waals surface area (Å²) in [5.74, 6) is 0. The molecule has 1 saturated heterocycles. The molecule has 0 bridgehead atoms. The highest BCUT2D eigenvalue weighted by Crippen LogP contribution is 2.41. The molecule has 2 nitrogen and oxygen atoms in total. The highest BCUT2D eigenvalue weighted by Gasteiger charge is 2.45. The predicted octanol–water partition coefficient (Wildman–Crippen LogP) is 2.91. The van der Waals surface area contributed by atoms with Gasteiger partial charge >= 0.3 is 6.18 Å². The number of thiophene rings is 1. The molecule has 1 atom stereocenters. The smallest absolute Gasteiger partial charge is 0.314 e. The number of halogens is 4. The quantitative estimate of drug-likeness (QED) is 0.898. The minimum Gasteiger partial charge on any atom is -0.314 e. The third-order valence-corrected chi connectivity index (χ3v) is 3.97. The number of hydrogen-bond donors (Lipinski definition) is 1. The molecular weight excluding hydrogens is 273 g/mol. The van der Waals surface area contributed by atoms with Crippen molar-refractivity contribution in [1.82, 2.24) is 10.2 Å². The van der Waals surface area contributed by atoms with Gasteiger partial charge in [0.1, 0.15) is 6.04 Å². The summed E-state index contributed by atoms with van der Waals surface area (Å²) >= 11 is 6.71. The molecule has 1 aliphatic rings. The van der Waals surface area contributed by atoms with Crippen LogP contribution in [0, 0.1) is 0 Å². The van der Waals surface area contributed by atoms with E-state index in [0.717, 1.165) is 11.3 Å². The predicted molar refractivity (Wildman–Crippen MR) is 62.6 cm³/mol. The van der Waals surface area contributed by atoms with E-state index in [-0.39, 0.29) is 4.88 Å². The SMILES string of the molecule is FC(F)(F)[C@H](c1ccc(Cl)s1)N1CCNCC1. The van der Waals surface area contributed by atoms with E-state index in [2.05, 4.69) is 5.32 Å². The molecule has 7 heteroatoms. The first-order valence-corrected chi connectivity index (χ1v) is 6.44. The van der Waals surface area contributed by atoms with E-state index in [1.807, 2.05) is 0 Å². The van der Waals surface area contributed by atoms with Crippen LogP contribution in [0.15, 0.2) is 12.1 Å². The molecule has 0 aromatic carbocycles. The molecule has 0 unspecified atom stereocenters. The highest BCUT2D eigenvalue weighted by molar-refractivity contribution is 7.16. The molecule has 2 heterocycles. The van der Waals surface area contributed by atoms with Gasteiger partial charge in [0, 0.05) is 31.1 Å². The summed E-state index contributed by atoms with van der Waals surface area (Å²) in [6.45, 7) is 1.98. The Morgan fingerprint density at radius 1 is 1.29 bits per heavy atom. The Hall–Kier alpha value is -0.300. The van der Waals surface area contributed by atoms with Crippen LogP contribution in [0.1, 0.15) is 10.9 Å². The van der Waals surface area contributed by atoms with Crippen LogP contribution in [0.5, 0.6) is 0 Å². The van der Waals surface area contributed by atoms with Gasteiger partial charge in [-0.15, -0.1) is 11.3 Å². The Bertz CT molecular complexity index is 374. The Morgan fingerprint density at radius 2 is 1.94 bits per heavy atom. The third kappa shape index (κ3) is 3.13. The van der Waals surface area contributed by atoms with Gasteiger partial charge in [-0.2, -0.15) is 13.2 Å². The average Bonchev–Trinajstić information content (AvgIpc) is 2.64. The van der Waals surface area contributed by atoms with E-state index in [4.69, 9.17) is 11.6 Å². The molecule has 1 N–H and O–H groups in total. The lowest BCUT2D eigenvalue weighted by molar-refractivity contribution is -0.186. The second-order valence-corrected chi connectivity index (χ2v) is 5.62.